The molecule has 0 aromatic heterocycles. The molecule has 3 fully saturated rings. The van der Waals surface area contributed by atoms with Crippen LogP contribution in [0, 0.1) is 52.3 Å². The first-order valence-corrected chi connectivity index (χ1v) is 13.1. The highest BCUT2D eigenvalue weighted by atomic mass is 16.3. The molecule has 9 unspecified atom stereocenters. The van der Waals surface area contributed by atoms with Crippen LogP contribution in [-0.4, -0.2) is 11.2 Å². The molecule has 1 nitrogen and oxygen atoms in total. The molecule has 3 saturated carbocycles. The van der Waals surface area contributed by atoms with Crippen molar-refractivity contribution in [1.29, 1.82) is 0 Å². The van der Waals surface area contributed by atoms with Gasteiger partial charge in [0.15, 0.2) is 0 Å². The molecule has 4 rings (SSSR count). The summed E-state index contributed by atoms with van der Waals surface area (Å²) in [5.41, 5.74) is 4.25. The lowest BCUT2D eigenvalue weighted by Crippen LogP contribution is -2.49. The predicted molar refractivity (Wildman–Crippen MR) is 128 cm³/mol. The molecule has 0 saturated heterocycles. The summed E-state index contributed by atoms with van der Waals surface area (Å²) < 4.78 is 0. The number of hydrogen-bond acceptors (Lipinski definition) is 1. The molecule has 0 aliphatic heterocycles. The molecule has 0 aromatic carbocycles. The van der Waals surface area contributed by atoms with Gasteiger partial charge in [0.25, 0.3) is 0 Å². The van der Waals surface area contributed by atoms with Crippen molar-refractivity contribution in [2.45, 2.75) is 105 Å². The second-order valence-corrected chi connectivity index (χ2v) is 12.8. The summed E-state index contributed by atoms with van der Waals surface area (Å²) in [7, 11) is 0. The van der Waals surface area contributed by atoms with Gasteiger partial charge in [-0.3, -0.25) is 0 Å². The third kappa shape index (κ3) is 3.56. The highest BCUT2D eigenvalue weighted by molar-refractivity contribution is 5.28. The third-order valence-corrected chi connectivity index (χ3v) is 11.0. The average Bonchev–Trinajstić information content (AvgIpc) is 3.05. The van der Waals surface area contributed by atoms with Crippen LogP contribution in [0.5, 0.6) is 0 Å². The van der Waals surface area contributed by atoms with Gasteiger partial charge < -0.3 is 5.11 Å². The van der Waals surface area contributed by atoms with E-state index in [0.717, 1.165) is 36.5 Å². The molecule has 0 heterocycles. The van der Waals surface area contributed by atoms with Gasteiger partial charge in [0.05, 0.1) is 6.10 Å². The molecule has 0 radical (unpaired) electrons. The summed E-state index contributed by atoms with van der Waals surface area (Å²) in [4.78, 5) is 0. The Kier molecular flexibility index (Phi) is 6.10. The van der Waals surface area contributed by atoms with Crippen molar-refractivity contribution in [1.82, 2.24) is 0 Å². The Morgan fingerprint density at radius 2 is 1.70 bits per heavy atom. The van der Waals surface area contributed by atoms with E-state index in [-0.39, 0.29) is 6.10 Å². The summed E-state index contributed by atoms with van der Waals surface area (Å²) in [5.74, 6) is 5.23. The van der Waals surface area contributed by atoms with Crippen LogP contribution in [0.4, 0.5) is 0 Å². The van der Waals surface area contributed by atoms with E-state index in [1.807, 2.05) is 5.57 Å². The van der Waals surface area contributed by atoms with Crippen molar-refractivity contribution in [3.05, 3.63) is 23.8 Å². The molecule has 1 N–H and O–H groups in total. The van der Waals surface area contributed by atoms with Crippen LogP contribution in [0.2, 0.25) is 0 Å². The van der Waals surface area contributed by atoms with Crippen LogP contribution >= 0.6 is 0 Å². The first-order chi connectivity index (χ1) is 14.1. The smallest absolute Gasteiger partial charge is 0.0543 e. The first-order valence-electron chi connectivity index (χ1n) is 13.1. The molecule has 0 aromatic rings. The lowest BCUT2D eigenvalue weighted by atomic mass is 9.47. The van der Waals surface area contributed by atoms with Crippen molar-refractivity contribution in [3.63, 3.8) is 0 Å². The lowest BCUT2D eigenvalue weighted by Gasteiger charge is -2.57. The number of fused-ring (bicyclic) bond motifs is 5. The van der Waals surface area contributed by atoms with Crippen molar-refractivity contribution in [2.24, 2.45) is 52.3 Å². The summed E-state index contributed by atoms with van der Waals surface area (Å²) in [5, 5.41) is 10.3. The zero-order chi connectivity index (χ0) is 21.8. The van der Waals surface area contributed by atoms with Crippen LogP contribution in [0.25, 0.3) is 0 Å². The van der Waals surface area contributed by atoms with Crippen LogP contribution < -0.4 is 0 Å². The van der Waals surface area contributed by atoms with Gasteiger partial charge in [-0.1, -0.05) is 65.3 Å². The monoisotopic (exact) mass is 412 g/mol. The average molecular weight is 413 g/mol. The molecule has 9 atom stereocenters. The van der Waals surface area contributed by atoms with Crippen LogP contribution in [0.1, 0.15) is 99.3 Å². The standard InChI is InChI=1S/C29H48O/c1-18(2)21(5)19(3)16-20(4)25-10-11-26-24-9-8-22-17-23(30)12-14-28(22,6)27(24)13-15-29(25,26)7/h9,18,20-23,25-27,30H,3,8,10-17H2,1-2,4-7H3. The second kappa shape index (κ2) is 8.09. The Balaban J connectivity index is 1.52. The second-order valence-electron chi connectivity index (χ2n) is 12.8. The lowest BCUT2D eigenvalue weighted by molar-refractivity contribution is -0.0425. The molecule has 170 valence electrons. The van der Waals surface area contributed by atoms with Gasteiger partial charge >= 0.3 is 0 Å². The van der Waals surface area contributed by atoms with E-state index >= 15 is 0 Å². The van der Waals surface area contributed by atoms with E-state index in [9.17, 15) is 5.11 Å². The van der Waals surface area contributed by atoms with E-state index in [4.69, 9.17) is 0 Å². The number of allylic oxidation sites excluding steroid dienone is 3. The van der Waals surface area contributed by atoms with Gasteiger partial charge in [-0.05, 0) is 110 Å². The van der Waals surface area contributed by atoms with Crippen LogP contribution in [-0.2, 0) is 0 Å². The van der Waals surface area contributed by atoms with E-state index in [1.54, 1.807) is 0 Å². The fourth-order valence-corrected chi connectivity index (χ4v) is 8.68. The third-order valence-electron chi connectivity index (χ3n) is 11.0. The highest BCUT2D eigenvalue weighted by Gasteiger charge is 2.58. The topological polar surface area (TPSA) is 20.2 Å². The summed E-state index contributed by atoms with van der Waals surface area (Å²) in [6.07, 6.45) is 14.0. The van der Waals surface area contributed by atoms with Crippen molar-refractivity contribution >= 4 is 0 Å². The highest BCUT2D eigenvalue weighted by Crippen LogP contribution is 2.67. The summed E-state index contributed by atoms with van der Waals surface area (Å²) in [6, 6.07) is 0. The molecule has 1 heteroatoms. The Hall–Kier alpha value is -0.560. The van der Waals surface area contributed by atoms with Gasteiger partial charge in [-0.25, -0.2) is 0 Å². The molecule has 0 amide bonds. The summed E-state index contributed by atoms with van der Waals surface area (Å²) in [6.45, 7) is 19.3. The predicted octanol–water partition coefficient (Wildman–Crippen LogP) is 7.80. The Morgan fingerprint density at radius 3 is 2.40 bits per heavy atom. The molecule has 4 aliphatic rings. The maximum absolute atomic E-state index is 10.3. The van der Waals surface area contributed by atoms with E-state index < -0.39 is 0 Å². The van der Waals surface area contributed by atoms with Gasteiger partial charge in [0.2, 0.25) is 0 Å². The summed E-state index contributed by atoms with van der Waals surface area (Å²) >= 11 is 0. The first kappa shape index (κ1) is 22.6. The molecule has 0 spiro atoms. The SMILES string of the molecule is C=C(CC(C)C1CCC2C3=CCC4CC(O)CCC4(C)C3CCC21C)C(C)C(C)C. The van der Waals surface area contributed by atoms with Gasteiger partial charge in [0, 0.05) is 0 Å². The zero-order valence-corrected chi connectivity index (χ0v) is 20.7. The minimum Gasteiger partial charge on any atom is -0.393 e. The quantitative estimate of drug-likeness (QED) is 0.457. The van der Waals surface area contributed by atoms with Gasteiger partial charge in [-0.2, -0.15) is 0 Å². The molecular weight excluding hydrogens is 364 g/mol. The van der Waals surface area contributed by atoms with Crippen LogP contribution in [0.15, 0.2) is 23.8 Å². The maximum Gasteiger partial charge on any atom is 0.0543 e. The Bertz CT molecular complexity index is 688. The van der Waals surface area contributed by atoms with Crippen molar-refractivity contribution in [2.75, 3.05) is 0 Å². The zero-order valence-electron chi connectivity index (χ0n) is 20.7. The van der Waals surface area contributed by atoms with Crippen LogP contribution in [0.3, 0.4) is 0 Å². The largest absolute Gasteiger partial charge is 0.393 e. The molecular formula is C29H48O. The van der Waals surface area contributed by atoms with Crippen molar-refractivity contribution in [3.8, 4) is 0 Å². The number of hydrogen-bond donors (Lipinski definition) is 1. The minimum absolute atomic E-state index is 0.0510. The molecule has 30 heavy (non-hydrogen) atoms. The van der Waals surface area contributed by atoms with E-state index in [1.165, 1.54) is 50.5 Å². The Morgan fingerprint density at radius 1 is 1.03 bits per heavy atom. The Labute approximate surface area is 186 Å². The fourth-order valence-electron chi connectivity index (χ4n) is 8.68. The van der Waals surface area contributed by atoms with Crippen molar-refractivity contribution < 1.29 is 5.11 Å². The van der Waals surface area contributed by atoms with Gasteiger partial charge in [-0.15, -0.1) is 0 Å². The minimum atomic E-state index is -0.0510. The number of rotatable bonds is 5. The number of aliphatic hydroxyl groups is 1. The molecule has 0 bridgehead atoms. The number of aliphatic hydroxyl groups excluding tert-OH is 1. The normalized spacial score (nSPS) is 45.2. The fraction of sp³-hybridized carbons (Fsp3) is 0.862. The molecule has 4 aliphatic carbocycles. The van der Waals surface area contributed by atoms with E-state index in [0.29, 0.717) is 28.6 Å². The maximum atomic E-state index is 10.3. The van der Waals surface area contributed by atoms with Gasteiger partial charge in [0.1, 0.15) is 0 Å². The van der Waals surface area contributed by atoms with E-state index in [2.05, 4.69) is 54.2 Å².